The SMILES string of the molecule is CCOc1nnc(N)s1. The number of rotatable bonds is 2. The third-order valence-corrected chi connectivity index (χ3v) is 1.35. The van der Waals surface area contributed by atoms with Gasteiger partial charge >= 0.3 is 0 Å². The lowest BCUT2D eigenvalue weighted by Gasteiger charge is -1.90. The second kappa shape index (κ2) is 2.63. The third kappa shape index (κ3) is 1.53. The zero-order valence-corrected chi connectivity index (χ0v) is 5.81. The smallest absolute Gasteiger partial charge is 0.295 e. The van der Waals surface area contributed by atoms with E-state index < -0.39 is 0 Å². The molecule has 1 aromatic heterocycles. The number of hydrogen-bond acceptors (Lipinski definition) is 5. The van der Waals surface area contributed by atoms with Gasteiger partial charge in [0.2, 0.25) is 5.13 Å². The van der Waals surface area contributed by atoms with Crippen molar-refractivity contribution in [1.29, 1.82) is 0 Å². The topological polar surface area (TPSA) is 61.0 Å². The van der Waals surface area contributed by atoms with Crippen molar-refractivity contribution in [2.24, 2.45) is 0 Å². The van der Waals surface area contributed by atoms with Crippen molar-refractivity contribution < 1.29 is 4.74 Å². The Morgan fingerprint density at radius 1 is 1.67 bits per heavy atom. The fraction of sp³-hybridized carbons (Fsp3) is 0.500. The first-order valence-electron chi connectivity index (χ1n) is 2.54. The average molecular weight is 145 g/mol. The van der Waals surface area contributed by atoms with Crippen LogP contribution in [0.25, 0.3) is 0 Å². The highest BCUT2D eigenvalue weighted by Crippen LogP contribution is 2.18. The van der Waals surface area contributed by atoms with Crippen molar-refractivity contribution in [1.82, 2.24) is 10.2 Å². The van der Waals surface area contributed by atoms with Crippen LogP contribution in [0.3, 0.4) is 0 Å². The van der Waals surface area contributed by atoms with Gasteiger partial charge in [-0.25, -0.2) is 0 Å². The Kier molecular flexibility index (Phi) is 1.84. The first-order chi connectivity index (χ1) is 4.33. The molecule has 0 aliphatic carbocycles. The molecule has 2 N–H and O–H groups in total. The maximum atomic E-state index is 5.27. The molecule has 0 saturated carbocycles. The van der Waals surface area contributed by atoms with E-state index in [0.717, 1.165) is 0 Å². The van der Waals surface area contributed by atoms with E-state index in [9.17, 15) is 0 Å². The van der Waals surface area contributed by atoms with Gasteiger partial charge in [-0.1, -0.05) is 5.10 Å². The number of aromatic nitrogens is 2. The van der Waals surface area contributed by atoms with Crippen LogP contribution < -0.4 is 10.5 Å². The number of anilines is 1. The van der Waals surface area contributed by atoms with Crippen molar-refractivity contribution in [2.75, 3.05) is 12.3 Å². The molecule has 0 fully saturated rings. The van der Waals surface area contributed by atoms with Gasteiger partial charge in [-0.15, -0.1) is 5.10 Å². The molecule has 0 bridgehead atoms. The molecule has 50 valence electrons. The molecule has 0 aliphatic rings. The van der Waals surface area contributed by atoms with Crippen LogP contribution in [-0.4, -0.2) is 16.8 Å². The summed E-state index contributed by atoms with van der Waals surface area (Å²) in [4.78, 5) is 0. The van der Waals surface area contributed by atoms with Crippen molar-refractivity contribution >= 4 is 16.5 Å². The molecule has 4 nitrogen and oxygen atoms in total. The fourth-order valence-electron chi connectivity index (χ4n) is 0.402. The third-order valence-electron chi connectivity index (χ3n) is 0.690. The molecule has 0 unspecified atom stereocenters. The lowest BCUT2D eigenvalue weighted by molar-refractivity contribution is 0.335. The second-order valence-corrected chi connectivity index (χ2v) is 2.31. The lowest BCUT2D eigenvalue weighted by Crippen LogP contribution is -1.89. The highest BCUT2D eigenvalue weighted by atomic mass is 32.1. The molecule has 0 aromatic carbocycles. The molecule has 0 spiro atoms. The highest BCUT2D eigenvalue weighted by Gasteiger charge is 1.97. The Hall–Kier alpha value is -0.840. The quantitative estimate of drug-likeness (QED) is 0.659. The molecule has 0 atom stereocenters. The maximum absolute atomic E-state index is 5.27. The Labute approximate surface area is 56.7 Å². The molecule has 0 saturated heterocycles. The largest absolute Gasteiger partial charge is 0.469 e. The molecule has 1 aromatic rings. The van der Waals surface area contributed by atoms with Crippen molar-refractivity contribution in [2.45, 2.75) is 6.92 Å². The van der Waals surface area contributed by atoms with E-state index in [-0.39, 0.29) is 0 Å². The number of nitrogen functional groups attached to an aromatic ring is 1. The van der Waals surface area contributed by atoms with Gasteiger partial charge in [0.05, 0.1) is 6.61 Å². The minimum atomic E-state index is 0.443. The molecule has 0 amide bonds. The minimum absolute atomic E-state index is 0.443. The number of nitrogens with zero attached hydrogens (tertiary/aromatic N) is 2. The summed E-state index contributed by atoms with van der Waals surface area (Å²) in [5, 5.41) is 8.16. The van der Waals surface area contributed by atoms with Gasteiger partial charge in [-0.05, 0) is 18.3 Å². The van der Waals surface area contributed by atoms with Crippen LogP contribution in [0.1, 0.15) is 6.92 Å². The summed E-state index contributed by atoms with van der Waals surface area (Å²) in [6, 6.07) is 0. The van der Waals surface area contributed by atoms with E-state index in [2.05, 4.69) is 10.2 Å². The zero-order valence-electron chi connectivity index (χ0n) is 5.00. The van der Waals surface area contributed by atoms with Crippen LogP contribution in [0.4, 0.5) is 5.13 Å². The van der Waals surface area contributed by atoms with E-state index in [1.54, 1.807) is 0 Å². The van der Waals surface area contributed by atoms with Crippen LogP contribution in [0.15, 0.2) is 0 Å². The van der Waals surface area contributed by atoms with Gasteiger partial charge < -0.3 is 10.5 Å². The first-order valence-corrected chi connectivity index (χ1v) is 3.36. The van der Waals surface area contributed by atoms with Crippen LogP contribution in [0.5, 0.6) is 5.19 Å². The summed E-state index contributed by atoms with van der Waals surface area (Å²) in [6.07, 6.45) is 0. The van der Waals surface area contributed by atoms with Crippen LogP contribution >= 0.6 is 11.3 Å². The van der Waals surface area contributed by atoms with Gasteiger partial charge in [-0.3, -0.25) is 0 Å². The summed E-state index contributed by atoms with van der Waals surface area (Å²) in [6.45, 7) is 2.49. The van der Waals surface area contributed by atoms with Crippen molar-refractivity contribution in [3.05, 3.63) is 0 Å². The van der Waals surface area contributed by atoms with E-state index in [1.165, 1.54) is 11.3 Å². The monoisotopic (exact) mass is 145 g/mol. The summed E-state index contributed by atoms with van der Waals surface area (Å²) >= 11 is 1.25. The van der Waals surface area contributed by atoms with E-state index in [1.807, 2.05) is 6.92 Å². The standard InChI is InChI=1S/C4H7N3OS/c1-2-8-4-7-6-3(5)9-4/h2H2,1H3,(H2,5,6). The Morgan fingerprint density at radius 2 is 2.44 bits per heavy atom. The molecule has 0 aliphatic heterocycles. The highest BCUT2D eigenvalue weighted by molar-refractivity contribution is 7.16. The fourth-order valence-corrected chi connectivity index (χ4v) is 0.921. The summed E-state index contributed by atoms with van der Waals surface area (Å²) in [5.74, 6) is 0. The number of nitrogens with two attached hydrogens (primary N) is 1. The summed E-state index contributed by atoms with van der Waals surface area (Å²) in [5.41, 5.74) is 5.27. The van der Waals surface area contributed by atoms with Crippen LogP contribution in [-0.2, 0) is 0 Å². The normalized spacial score (nSPS) is 9.44. The lowest BCUT2D eigenvalue weighted by atomic mass is 10.9. The van der Waals surface area contributed by atoms with Crippen molar-refractivity contribution in [3.63, 3.8) is 0 Å². The molecule has 1 heterocycles. The Morgan fingerprint density at radius 3 is 2.89 bits per heavy atom. The number of hydrogen-bond donors (Lipinski definition) is 1. The minimum Gasteiger partial charge on any atom is -0.469 e. The van der Waals surface area contributed by atoms with Gasteiger partial charge in [-0.2, -0.15) is 0 Å². The molecule has 5 heteroatoms. The van der Waals surface area contributed by atoms with Gasteiger partial charge in [0.25, 0.3) is 5.19 Å². The predicted molar refractivity (Wildman–Crippen MR) is 35.5 cm³/mol. The van der Waals surface area contributed by atoms with Gasteiger partial charge in [0.15, 0.2) is 0 Å². The number of ether oxygens (including phenoxy) is 1. The molecule has 1 rings (SSSR count). The summed E-state index contributed by atoms with van der Waals surface area (Å²) < 4.78 is 4.99. The zero-order chi connectivity index (χ0) is 6.69. The summed E-state index contributed by atoms with van der Waals surface area (Å²) in [7, 11) is 0. The Balaban J connectivity index is 2.61. The van der Waals surface area contributed by atoms with Gasteiger partial charge in [0.1, 0.15) is 0 Å². The molecule has 9 heavy (non-hydrogen) atoms. The molecular formula is C4H7N3OS. The maximum Gasteiger partial charge on any atom is 0.295 e. The van der Waals surface area contributed by atoms with Gasteiger partial charge in [0, 0.05) is 0 Å². The average Bonchev–Trinajstić information content (AvgIpc) is 2.17. The predicted octanol–water partition coefficient (Wildman–Crippen LogP) is 0.519. The van der Waals surface area contributed by atoms with Crippen LogP contribution in [0, 0.1) is 0 Å². The molecule has 0 radical (unpaired) electrons. The first kappa shape index (κ1) is 6.28. The van der Waals surface area contributed by atoms with Crippen LogP contribution in [0.2, 0.25) is 0 Å². The molecular weight excluding hydrogens is 138 g/mol. The van der Waals surface area contributed by atoms with E-state index in [4.69, 9.17) is 10.5 Å². The Bertz CT molecular complexity index is 188. The van der Waals surface area contributed by atoms with Crippen molar-refractivity contribution in [3.8, 4) is 5.19 Å². The van der Waals surface area contributed by atoms with E-state index >= 15 is 0 Å². The van der Waals surface area contributed by atoms with E-state index in [0.29, 0.717) is 16.9 Å². The second-order valence-electron chi connectivity index (χ2n) is 1.34.